The van der Waals surface area contributed by atoms with Crippen molar-refractivity contribution >= 4 is 29.6 Å². The number of aromatic nitrogens is 3. The van der Waals surface area contributed by atoms with Gasteiger partial charge in [-0.05, 0) is 13.8 Å². The van der Waals surface area contributed by atoms with Gasteiger partial charge < -0.3 is 15.0 Å². The first-order chi connectivity index (χ1) is 9.14. The van der Waals surface area contributed by atoms with Gasteiger partial charge in [0, 0.05) is 20.1 Å². The van der Waals surface area contributed by atoms with Crippen LogP contribution in [-0.2, 0) is 9.53 Å². The van der Waals surface area contributed by atoms with Crippen molar-refractivity contribution in [1.82, 2.24) is 15.0 Å². The van der Waals surface area contributed by atoms with Crippen molar-refractivity contribution in [2.75, 3.05) is 43.2 Å². The molecule has 0 bridgehead atoms. The Kier molecular flexibility index (Phi) is 6.34. The predicted molar refractivity (Wildman–Crippen MR) is 75.7 cm³/mol. The molecule has 106 valence electrons. The number of rotatable bonds is 7. The maximum absolute atomic E-state index is 11.1. The van der Waals surface area contributed by atoms with E-state index in [4.69, 9.17) is 0 Å². The van der Waals surface area contributed by atoms with Gasteiger partial charge in [0.25, 0.3) is 0 Å². The maximum atomic E-state index is 11.1. The van der Waals surface area contributed by atoms with E-state index in [0.29, 0.717) is 17.1 Å². The molecule has 0 fully saturated rings. The highest BCUT2D eigenvalue weighted by Gasteiger charge is 2.12. The molecule has 0 amide bonds. The van der Waals surface area contributed by atoms with E-state index in [1.54, 1.807) is 7.05 Å². The van der Waals surface area contributed by atoms with Gasteiger partial charge in [-0.2, -0.15) is 15.0 Å². The summed E-state index contributed by atoms with van der Waals surface area (Å²) < 4.78 is 4.59. The van der Waals surface area contributed by atoms with Crippen molar-refractivity contribution in [3.05, 3.63) is 0 Å². The van der Waals surface area contributed by atoms with Gasteiger partial charge >= 0.3 is 5.97 Å². The highest BCUT2D eigenvalue weighted by molar-refractivity contribution is 7.99. The summed E-state index contributed by atoms with van der Waals surface area (Å²) in [5, 5.41) is 3.40. The number of carbonyl (C=O) groups is 1. The van der Waals surface area contributed by atoms with E-state index in [0.717, 1.165) is 13.1 Å². The minimum Gasteiger partial charge on any atom is -0.468 e. The summed E-state index contributed by atoms with van der Waals surface area (Å²) in [5.41, 5.74) is 0. The summed E-state index contributed by atoms with van der Waals surface area (Å²) in [5.74, 6) is 0.975. The highest BCUT2D eigenvalue weighted by Crippen LogP contribution is 2.18. The van der Waals surface area contributed by atoms with Crippen molar-refractivity contribution in [2.45, 2.75) is 19.0 Å². The summed E-state index contributed by atoms with van der Waals surface area (Å²) in [4.78, 5) is 26.0. The lowest BCUT2D eigenvalue weighted by Crippen LogP contribution is -2.25. The zero-order chi connectivity index (χ0) is 14.3. The first kappa shape index (κ1) is 15.5. The number of thioether (sulfide) groups is 1. The van der Waals surface area contributed by atoms with Crippen molar-refractivity contribution in [3.8, 4) is 0 Å². The van der Waals surface area contributed by atoms with Crippen LogP contribution in [-0.4, -0.2) is 53.9 Å². The average Bonchev–Trinajstić information content (AvgIpc) is 2.45. The Balaban J connectivity index is 2.91. The topological polar surface area (TPSA) is 80.2 Å². The van der Waals surface area contributed by atoms with Crippen molar-refractivity contribution in [2.24, 2.45) is 0 Å². The lowest BCUT2D eigenvalue weighted by atomic mass is 10.5. The molecular formula is C11H19N5O2S. The van der Waals surface area contributed by atoms with Crippen molar-refractivity contribution < 1.29 is 9.53 Å². The molecule has 1 aromatic rings. The fourth-order valence-corrected chi connectivity index (χ4v) is 2.01. The van der Waals surface area contributed by atoms with Crippen LogP contribution in [0.5, 0.6) is 0 Å². The first-order valence-corrected chi connectivity index (χ1v) is 7.01. The van der Waals surface area contributed by atoms with Crippen LogP contribution in [0.1, 0.15) is 13.8 Å². The van der Waals surface area contributed by atoms with E-state index in [9.17, 15) is 4.79 Å². The first-order valence-electron chi connectivity index (χ1n) is 6.02. The Bertz CT molecular complexity index is 426. The van der Waals surface area contributed by atoms with Crippen LogP contribution < -0.4 is 10.2 Å². The van der Waals surface area contributed by atoms with E-state index in [1.165, 1.54) is 18.9 Å². The number of carbonyl (C=O) groups excluding carboxylic acids is 1. The molecule has 0 atom stereocenters. The lowest BCUT2D eigenvalue weighted by Gasteiger charge is -2.19. The third kappa shape index (κ3) is 4.55. The van der Waals surface area contributed by atoms with Crippen LogP contribution in [0.2, 0.25) is 0 Å². The average molecular weight is 285 g/mol. The molecule has 1 heterocycles. The molecule has 0 saturated carbocycles. The van der Waals surface area contributed by atoms with Gasteiger partial charge in [0.15, 0.2) is 5.16 Å². The standard InChI is InChI=1S/C11H19N5O2S/c1-5-16(6-2)10-13-9(12-3)14-11(15-10)19-7-8(17)18-4/h5-7H2,1-4H3,(H,12,13,14,15). The van der Waals surface area contributed by atoms with Crippen LogP contribution in [0.3, 0.4) is 0 Å². The summed E-state index contributed by atoms with van der Waals surface area (Å²) in [6.45, 7) is 5.69. The summed E-state index contributed by atoms with van der Waals surface area (Å²) in [6, 6.07) is 0. The number of anilines is 2. The molecule has 19 heavy (non-hydrogen) atoms. The molecular weight excluding hydrogens is 266 g/mol. The lowest BCUT2D eigenvalue weighted by molar-refractivity contribution is -0.137. The van der Waals surface area contributed by atoms with Gasteiger partial charge in [-0.25, -0.2) is 0 Å². The summed E-state index contributed by atoms with van der Waals surface area (Å²) in [6.07, 6.45) is 0. The molecule has 0 spiro atoms. The van der Waals surface area contributed by atoms with Gasteiger partial charge in [-0.3, -0.25) is 4.79 Å². The quantitative estimate of drug-likeness (QED) is 0.587. The van der Waals surface area contributed by atoms with E-state index in [-0.39, 0.29) is 11.7 Å². The molecule has 0 radical (unpaired) electrons. The Morgan fingerprint density at radius 1 is 1.32 bits per heavy atom. The van der Waals surface area contributed by atoms with E-state index in [2.05, 4.69) is 25.0 Å². The van der Waals surface area contributed by atoms with Crippen molar-refractivity contribution in [1.29, 1.82) is 0 Å². The van der Waals surface area contributed by atoms with Crippen LogP contribution in [0.4, 0.5) is 11.9 Å². The Hall–Kier alpha value is -1.57. The highest BCUT2D eigenvalue weighted by atomic mass is 32.2. The van der Waals surface area contributed by atoms with Gasteiger partial charge in [0.1, 0.15) is 0 Å². The normalized spacial score (nSPS) is 10.1. The zero-order valence-corrected chi connectivity index (χ0v) is 12.5. The Labute approximate surface area is 117 Å². The van der Waals surface area contributed by atoms with Gasteiger partial charge in [0.2, 0.25) is 11.9 Å². The van der Waals surface area contributed by atoms with Gasteiger partial charge in [0.05, 0.1) is 12.9 Å². The smallest absolute Gasteiger partial charge is 0.316 e. The SMILES string of the molecule is CCN(CC)c1nc(NC)nc(SCC(=O)OC)n1. The number of hydrogen-bond acceptors (Lipinski definition) is 8. The second kappa shape index (κ2) is 7.78. The maximum Gasteiger partial charge on any atom is 0.316 e. The van der Waals surface area contributed by atoms with Crippen LogP contribution in [0.25, 0.3) is 0 Å². The molecule has 7 nitrogen and oxygen atoms in total. The van der Waals surface area contributed by atoms with Gasteiger partial charge in [-0.15, -0.1) is 0 Å². The molecule has 0 aliphatic rings. The second-order valence-corrected chi connectivity index (χ2v) is 4.47. The third-order valence-electron chi connectivity index (χ3n) is 2.42. The largest absolute Gasteiger partial charge is 0.468 e. The molecule has 0 aliphatic carbocycles. The third-order valence-corrected chi connectivity index (χ3v) is 3.24. The number of esters is 1. The zero-order valence-electron chi connectivity index (χ0n) is 11.6. The molecule has 1 aromatic heterocycles. The monoisotopic (exact) mass is 285 g/mol. The molecule has 0 unspecified atom stereocenters. The number of nitrogens with zero attached hydrogens (tertiary/aromatic N) is 4. The minimum absolute atomic E-state index is 0.182. The number of hydrogen-bond donors (Lipinski definition) is 1. The number of methoxy groups -OCH3 is 1. The van der Waals surface area contributed by atoms with E-state index in [1.807, 2.05) is 18.7 Å². The summed E-state index contributed by atoms with van der Waals surface area (Å²) >= 11 is 1.23. The van der Waals surface area contributed by atoms with E-state index >= 15 is 0 Å². The molecule has 0 saturated heterocycles. The van der Waals surface area contributed by atoms with E-state index < -0.39 is 0 Å². The molecule has 1 rings (SSSR count). The molecule has 8 heteroatoms. The fraction of sp³-hybridized carbons (Fsp3) is 0.636. The number of nitrogens with one attached hydrogen (secondary N) is 1. The van der Waals surface area contributed by atoms with Crippen LogP contribution in [0.15, 0.2) is 5.16 Å². The van der Waals surface area contributed by atoms with Gasteiger partial charge in [-0.1, -0.05) is 11.8 Å². The summed E-state index contributed by atoms with van der Waals surface area (Å²) in [7, 11) is 3.10. The Morgan fingerprint density at radius 3 is 2.53 bits per heavy atom. The predicted octanol–water partition coefficient (Wildman–Crippen LogP) is 1.02. The molecule has 0 aliphatic heterocycles. The minimum atomic E-state index is -0.305. The molecule has 1 N–H and O–H groups in total. The van der Waals surface area contributed by atoms with Crippen LogP contribution >= 0.6 is 11.8 Å². The molecule has 0 aromatic carbocycles. The van der Waals surface area contributed by atoms with Crippen molar-refractivity contribution in [3.63, 3.8) is 0 Å². The number of ether oxygens (including phenoxy) is 1. The fourth-order valence-electron chi connectivity index (χ4n) is 1.35. The van der Waals surface area contributed by atoms with Crippen LogP contribution in [0, 0.1) is 0 Å². The second-order valence-electron chi connectivity index (χ2n) is 3.53. The Morgan fingerprint density at radius 2 is 2.00 bits per heavy atom.